The Kier molecular flexibility index (Phi) is 5.00. The largest absolute Gasteiger partial charge is 0.351 e. The van der Waals surface area contributed by atoms with Gasteiger partial charge in [-0.1, -0.05) is 0 Å². The Morgan fingerprint density at radius 1 is 1.50 bits per heavy atom. The van der Waals surface area contributed by atoms with Gasteiger partial charge in [0, 0.05) is 42.2 Å². The molecule has 0 saturated carbocycles. The summed E-state index contributed by atoms with van der Waals surface area (Å²) in [5.74, 6) is -0.0324. The van der Waals surface area contributed by atoms with E-state index >= 15 is 0 Å². The van der Waals surface area contributed by atoms with Crippen molar-refractivity contribution >= 4 is 21.8 Å². The zero-order valence-electron chi connectivity index (χ0n) is 11.7. The SMILES string of the molecule is CC(C)n1cc(Br)cc1C(=O)NCCCn1ccnc1. The van der Waals surface area contributed by atoms with E-state index in [0.717, 1.165) is 17.4 Å². The lowest BCUT2D eigenvalue weighted by molar-refractivity contribution is 0.0942. The summed E-state index contributed by atoms with van der Waals surface area (Å²) >= 11 is 3.42. The fourth-order valence-corrected chi connectivity index (χ4v) is 2.47. The smallest absolute Gasteiger partial charge is 0.267 e. The molecule has 108 valence electrons. The van der Waals surface area contributed by atoms with Crippen LogP contribution in [0.25, 0.3) is 0 Å². The molecule has 1 amide bonds. The zero-order valence-corrected chi connectivity index (χ0v) is 13.3. The first-order valence-electron chi connectivity index (χ1n) is 6.69. The minimum atomic E-state index is -0.0324. The molecule has 0 aliphatic heterocycles. The van der Waals surface area contributed by atoms with Gasteiger partial charge in [-0.15, -0.1) is 0 Å². The molecule has 1 N–H and O–H groups in total. The van der Waals surface area contributed by atoms with E-state index in [0.29, 0.717) is 12.2 Å². The van der Waals surface area contributed by atoms with E-state index in [-0.39, 0.29) is 11.9 Å². The molecule has 20 heavy (non-hydrogen) atoms. The lowest BCUT2D eigenvalue weighted by Crippen LogP contribution is -2.27. The van der Waals surface area contributed by atoms with E-state index < -0.39 is 0 Å². The number of nitrogens with zero attached hydrogens (tertiary/aromatic N) is 3. The minimum Gasteiger partial charge on any atom is -0.351 e. The molecule has 0 atom stereocenters. The van der Waals surface area contributed by atoms with Crippen LogP contribution < -0.4 is 5.32 Å². The molecule has 0 aliphatic carbocycles. The van der Waals surface area contributed by atoms with Crippen molar-refractivity contribution in [2.75, 3.05) is 6.54 Å². The molecule has 0 spiro atoms. The first kappa shape index (κ1) is 14.8. The summed E-state index contributed by atoms with van der Waals surface area (Å²) in [5, 5.41) is 2.96. The number of hydrogen-bond donors (Lipinski definition) is 1. The maximum Gasteiger partial charge on any atom is 0.267 e. The number of carbonyl (C=O) groups is 1. The van der Waals surface area contributed by atoms with E-state index in [4.69, 9.17) is 0 Å². The summed E-state index contributed by atoms with van der Waals surface area (Å²) in [6.07, 6.45) is 8.27. The topological polar surface area (TPSA) is 51.9 Å². The molecular formula is C14H19BrN4O. The van der Waals surface area contributed by atoms with Crippen molar-refractivity contribution in [3.63, 3.8) is 0 Å². The van der Waals surface area contributed by atoms with Crippen LogP contribution in [0.5, 0.6) is 0 Å². The van der Waals surface area contributed by atoms with Gasteiger partial charge in [-0.3, -0.25) is 4.79 Å². The first-order chi connectivity index (χ1) is 9.58. The van der Waals surface area contributed by atoms with Crippen molar-refractivity contribution in [1.82, 2.24) is 19.4 Å². The standard InChI is InChI=1S/C14H19BrN4O/c1-11(2)19-9-12(15)8-13(19)14(20)17-4-3-6-18-7-5-16-10-18/h5,7-11H,3-4,6H2,1-2H3,(H,17,20). The number of nitrogens with one attached hydrogen (secondary N) is 1. The molecule has 2 aromatic heterocycles. The Morgan fingerprint density at radius 2 is 2.30 bits per heavy atom. The van der Waals surface area contributed by atoms with Crippen LogP contribution in [0.3, 0.4) is 0 Å². The van der Waals surface area contributed by atoms with Gasteiger partial charge >= 0.3 is 0 Å². The fraction of sp³-hybridized carbons (Fsp3) is 0.429. The van der Waals surface area contributed by atoms with Crippen molar-refractivity contribution in [2.45, 2.75) is 32.9 Å². The second-order valence-corrected chi connectivity index (χ2v) is 5.87. The highest BCUT2D eigenvalue weighted by molar-refractivity contribution is 9.10. The maximum atomic E-state index is 12.2. The fourth-order valence-electron chi connectivity index (χ4n) is 2.03. The van der Waals surface area contributed by atoms with E-state index in [1.165, 1.54) is 0 Å². The van der Waals surface area contributed by atoms with Crippen LogP contribution in [-0.4, -0.2) is 26.6 Å². The van der Waals surface area contributed by atoms with Crippen LogP contribution in [0.2, 0.25) is 0 Å². The van der Waals surface area contributed by atoms with Crippen LogP contribution in [0.4, 0.5) is 0 Å². The molecule has 5 nitrogen and oxygen atoms in total. The van der Waals surface area contributed by atoms with Crippen molar-refractivity contribution in [3.8, 4) is 0 Å². The summed E-state index contributed by atoms with van der Waals surface area (Å²) in [5.41, 5.74) is 0.689. The Bertz CT molecular complexity index is 560. The van der Waals surface area contributed by atoms with Crippen LogP contribution in [0, 0.1) is 0 Å². The Morgan fingerprint density at radius 3 is 2.95 bits per heavy atom. The third-order valence-electron chi connectivity index (χ3n) is 3.04. The average Bonchev–Trinajstić information content (AvgIpc) is 3.03. The molecule has 6 heteroatoms. The quantitative estimate of drug-likeness (QED) is 0.823. The number of hydrogen-bond acceptors (Lipinski definition) is 2. The van der Waals surface area contributed by atoms with Gasteiger partial charge in [0.15, 0.2) is 0 Å². The minimum absolute atomic E-state index is 0.0324. The van der Waals surface area contributed by atoms with Crippen LogP contribution in [-0.2, 0) is 6.54 Å². The summed E-state index contributed by atoms with van der Waals surface area (Å²) in [7, 11) is 0. The molecule has 2 heterocycles. The van der Waals surface area contributed by atoms with Gasteiger partial charge < -0.3 is 14.5 Å². The van der Waals surface area contributed by atoms with Crippen LogP contribution in [0.15, 0.2) is 35.5 Å². The molecule has 0 saturated heterocycles. The van der Waals surface area contributed by atoms with Gasteiger partial charge in [-0.2, -0.15) is 0 Å². The lowest BCUT2D eigenvalue weighted by atomic mass is 10.3. The summed E-state index contributed by atoms with van der Waals surface area (Å²) in [4.78, 5) is 16.2. The molecule has 0 radical (unpaired) electrons. The molecular weight excluding hydrogens is 320 g/mol. The molecule has 0 bridgehead atoms. The highest BCUT2D eigenvalue weighted by atomic mass is 79.9. The average molecular weight is 339 g/mol. The van der Waals surface area contributed by atoms with E-state index in [1.807, 2.05) is 27.6 Å². The molecule has 0 unspecified atom stereocenters. The van der Waals surface area contributed by atoms with Gasteiger partial charge in [-0.25, -0.2) is 4.98 Å². The molecule has 2 aromatic rings. The van der Waals surface area contributed by atoms with E-state index in [1.54, 1.807) is 12.5 Å². The number of halogens is 1. The summed E-state index contributed by atoms with van der Waals surface area (Å²) in [6, 6.07) is 2.11. The number of aromatic nitrogens is 3. The van der Waals surface area contributed by atoms with Crippen molar-refractivity contribution in [2.24, 2.45) is 0 Å². The highest BCUT2D eigenvalue weighted by Crippen LogP contribution is 2.19. The lowest BCUT2D eigenvalue weighted by Gasteiger charge is -2.12. The highest BCUT2D eigenvalue weighted by Gasteiger charge is 2.14. The Hall–Kier alpha value is -1.56. The molecule has 0 fully saturated rings. The first-order valence-corrected chi connectivity index (χ1v) is 7.48. The predicted molar refractivity (Wildman–Crippen MR) is 81.7 cm³/mol. The van der Waals surface area contributed by atoms with Crippen LogP contribution in [0.1, 0.15) is 36.8 Å². The van der Waals surface area contributed by atoms with Gasteiger partial charge in [0.2, 0.25) is 0 Å². The van der Waals surface area contributed by atoms with E-state index in [2.05, 4.69) is 40.1 Å². The van der Waals surface area contributed by atoms with Crippen molar-refractivity contribution in [3.05, 3.63) is 41.2 Å². The van der Waals surface area contributed by atoms with Crippen LogP contribution >= 0.6 is 15.9 Å². The van der Waals surface area contributed by atoms with Crippen molar-refractivity contribution in [1.29, 1.82) is 0 Å². The van der Waals surface area contributed by atoms with Gasteiger partial charge in [0.1, 0.15) is 5.69 Å². The molecule has 2 rings (SSSR count). The molecule has 0 aliphatic rings. The van der Waals surface area contributed by atoms with E-state index in [9.17, 15) is 4.79 Å². The predicted octanol–water partition coefficient (Wildman–Crippen LogP) is 2.85. The van der Waals surface area contributed by atoms with Crippen molar-refractivity contribution < 1.29 is 4.79 Å². The number of amides is 1. The van der Waals surface area contributed by atoms with Gasteiger partial charge in [0.25, 0.3) is 5.91 Å². The number of imidazole rings is 1. The summed E-state index contributed by atoms with van der Waals surface area (Å²) < 4.78 is 4.89. The third kappa shape index (κ3) is 3.72. The normalized spacial score (nSPS) is 11.0. The monoisotopic (exact) mass is 338 g/mol. The summed E-state index contributed by atoms with van der Waals surface area (Å²) in [6.45, 7) is 5.62. The third-order valence-corrected chi connectivity index (χ3v) is 3.48. The van der Waals surface area contributed by atoms with Gasteiger partial charge in [-0.05, 0) is 42.3 Å². The Balaban J connectivity index is 1.85. The number of carbonyl (C=O) groups excluding carboxylic acids is 1. The molecule has 0 aromatic carbocycles. The number of aryl methyl sites for hydroxylation is 1. The maximum absolute atomic E-state index is 12.2. The second-order valence-electron chi connectivity index (χ2n) is 4.95. The second kappa shape index (κ2) is 6.74. The number of rotatable bonds is 6. The zero-order chi connectivity index (χ0) is 14.5. The Labute approximate surface area is 127 Å². The van der Waals surface area contributed by atoms with Gasteiger partial charge in [0.05, 0.1) is 6.33 Å².